The maximum Gasteiger partial charge on any atom is 0.425 e. The number of rotatable bonds is 1. The second kappa shape index (κ2) is 6.44. The van der Waals surface area contributed by atoms with E-state index in [9.17, 15) is 9.59 Å². The molecule has 1 heterocycles. The summed E-state index contributed by atoms with van der Waals surface area (Å²) in [5.74, 6) is 0.0974. The number of imide groups is 1. The second-order valence-corrected chi connectivity index (χ2v) is 7.14. The topological polar surface area (TPSA) is 94.8 Å². The summed E-state index contributed by atoms with van der Waals surface area (Å²) in [7, 11) is 0. The average molecular weight is 323 g/mol. The monoisotopic (exact) mass is 323 g/mol. The summed E-state index contributed by atoms with van der Waals surface area (Å²) in [6, 6.07) is 3.04. The molecule has 0 aliphatic carbocycles. The molecule has 2 N–H and O–H groups in total. The predicted octanol–water partition coefficient (Wildman–Crippen LogP) is 3.65. The van der Waals surface area contributed by atoms with Crippen molar-refractivity contribution in [2.24, 2.45) is 0 Å². The zero-order chi connectivity index (χ0) is 18.0. The highest BCUT2D eigenvalue weighted by molar-refractivity contribution is 6.08. The van der Waals surface area contributed by atoms with Crippen molar-refractivity contribution < 1.29 is 19.1 Å². The standard InChI is InChI=1S/C16H25N3O4/c1-10-11(17)8-9-12(18-10)19(13(20)22-15(2,3)4)14(21)23-16(5,6)7/h8-9H,17H2,1-7H3. The number of aromatic nitrogens is 1. The first-order valence-corrected chi connectivity index (χ1v) is 7.29. The van der Waals surface area contributed by atoms with Gasteiger partial charge in [0.25, 0.3) is 0 Å². The van der Waals surface area contributed by atoms with Crippen LogP contribution in [0.3, 0.4) is 0 Å². The normalized spacial score (nSPS) is 11.8. The van der Waals surface area contributed by atoms with E-state index in [1.165, 1.54) is 6.07 Å². The summed E-state index contributed by atoms with van der Waals surface area (Å²) >= 11 is 0. The van der Waals surface area contributed by atoms with Gasteiger partial charge in [0.15, 0.2) is 0 Å². The number of ether oxygens (including phenoxy) is 2. The SMILES string of the molecule is Cc1nc(N(C(=O)OC(C)(C)C)C(=O)OC(C)(C)C)ccc1N. The van der Waals surface area contributed by atoms with Crippen LogP contribution < -0.4 is 10.6 Å². The molecule has 0 aliphatic rings. The van der Waals surface area contributed by atoms with Crippen molar-refractivity contribution in [3.05, 3.63) is 17.8 Å². The Balaban J connectivity index is 3.22. The predicted molar refractivity (Wildman–Crippen MR) is 88.3 cm³/mol. The van der Waals surface area contributed by atoms with E-state index in [1.807, 2.05) is 0 Å². The highest BCUT2D eigenvalue weighted by Crippen LogP contribution is 2.22. The van der Waals surface area contributed by atoms with Gasteiger partial charge in [0.1, 0.15) is 17.0 Å². The zero-order valence-corrected chi connectivity index (χ0v) is 14.8. The van der Waals surface area contributed by atoms with Crippen LogP contribution in [0.15, 0.2) is 12.1 Å². The lowest BCUT2D eigenvalue weighted by Crippen LogP contribution is -2.44. The minimum atomic E-state index is -0.858. The van der Waals surface area contributed by atoms with Gasteiger partial charge in [0.2, 0.25) is 0 Å². The van der Waals surface area contributed by atoms with Crippen molar-refractivity contribution in [1.29, 1.82) is 0 Å². The molecule has 0 aromatic carbocycles. The molecule has 1 aromatic heterocycles. The molecule has 0 spiro atoms. The maximum absolute atomic E-state index is 12.4. The van der Waals surface area contributed by atoms with Gasteiger partial charge in [-0.15, -0.1) is 0 Å². The van der Waals surface area contributed by atoms with Gasteiger partial charge in [0.05, 0.1) is 11.4 Å². The number of hydrogen-bond acceptors (Lipinski definition) is 6. The van der Waals surface area contributed by atoms with E-state index in [0.717, 1.165) is 4.90 Å². The van der Waals surface area contributed by atoms with E-state index >= 15 is 0 Å². The minimum Gasteiger partial charge on any atom is -0.443 e. The van der Waals surface area contributed by atoms with Crippen LogP contribution in [0.4, 0.5) is 21.1 Å². The van der Waals surface area contributed by atoms with E-state index in [-0.39, 0.29) is 5.82 Å². The summed E-state index contributed by atoms with van der Waals surface area (Å²) in [4.78, 5) is 29.8. The van der Waals surface area contributed by atoms with E-state index in [4.69, 9.17) is 15.2 Å². The molecule has 0 atom stereocenters. The largest absolute Gasteiger partial charge is 0.443 e. The summed E-state index contributed by atoms with van der Waals surface area (Å²) in [6.07, 6.45) is -1.72. The molecule has 0 saturated heterocycles. The molecule has 7 nitrogen and oxygen atoms in total. The molecule has 128 valence electrons. The number of aryl methyl sites for hydroxylation is 1. The molecule has 0 fully saturated rings. The van der Waals surface area contributed by atoms with E-state index in [0.29, 0.717) is 11.4 Å². The van der Waals surface area contributed by atoms with Crippen LogP contribution in [0, 0.1) is 6.92 Å². The number of carbonyl (C=O) groups is 2. The molecular formula is C16H25N3O4. The molecule has 2 amide bonds. The number of nitrogens with two attached hydrogens (primary N) is 1. The number of hydrogen-bond donors (Lipinski definition) is 1. The Bertz CT molecular complexity index is 572. The Hall–Kier alpha value is -2.31. The Morgan fingerprint density at radius 2 is 1.43 bits per heavy atom. The van der Waals surface area contributed by atoms with Crippen molar-refractivity contribution in [2.75, 3.05) is 10.6 Å². The lowest BCUT2D eigenvalue weighted by Gasteiger charge is -2.28. The average Bonchev–Trinajstić information content (AvgIpc) is 2.29. The molecule has 0 saturated carbocycles. The van der Waals surface area contributed by atoms with Gasteiger partial charge in [0, 0.05) is 0 Å². The summed E-state index contributed by atoms with van der Waals surface area (Å²) in [6.45, 7) is 11.9. The van der Waals surface area contributed by atoms with Gasteiger partial charge in [-0.1, -0.05) is 0 Å². The molecule has 0 aliphatic heterocycles. The van der Waals surface area contributed by atoms with Gasteiger partial charge >= 0.3 is 12.2 Å². The Morgan fingerprint density at radius 1 is 1.00 bits per heavy atom. The smallest absolute Gasteiger partial charge is 0.425 e. The van der Waals surface area contributed by atoms with Gasteiger partial charge in [-0.2, -0.15) is 4.90 Å². The number of pyridine rings is 1. The molecular weight excluding hydrogens is 298 g/mol. The molecule has 1 aromatic rings. The highest BCUT2D eigenvalue weighted by atomic mass is 16.6. The quantitative estimate of drug-likeness (QED) is 0.847. The Morgan fingerprint density at radius 3 is 1.78 bits per heavy atom. The van der Waals surface area contributed by atoms with E-state index in [2.05, 4.69) is 4.98 Å². The van der Waals surface area contributed by atoms with Gasteiger partial charge in [-0.25, -0.2) is 14.6 Å². The molecule has 0 unspecified atom stereocenters. The fourth-order valence-electron chi connectivity index (χ4n) is 1.56. The first-order chi connectivity index (χ1) is 10.3. The molecule has 7 heteroatoms. The van der Waals surface area contributed by atoms with Crippen LogP contribution in [0.25, 0.3) is 0 Å². The maximum atomic E-state index is 12.4. The third-order valence-electron chi connectivity index (χ3n) is 2.49. The van der Waals surface area contributed by atoms with E-state index < -0.39 is 23.4 Å². The third kappa shape index (κ3) is 5.77. The van der Waals surface area contributed by atoms with Crippen molar-refractivity contribution in [2.45, 2.75) is 59.7 Å². The molecule has 0 bridgehead atoms. The van der Waals surface area contributed by atoms with E-state index in [1.54, 1.807) is 54.5 Å². The lowest BCUT2D eigenvalue weighted by atomic mass is 10.2. The van der Waals surface area contributed by atoms with Crippen LogP contribution >= 0.6 is 0 Å². The molecule has 1 rings (SSSR count). The van der Waals surface area contributed by atoms with Gasteiger partial charge in [-0.05, 0) is 60.6 Å². The number of nitrogens with zero attached hydrogens (tertiary/aromatic N) is 2. The highest BCUT2D eigenvalue weighted by Gasteiger charge is 2.33. The number of carbonyl (C=O) groups excluding carboxylic acids is 2. The van der Waals surface area contributed by atoms with Crippen molar-refractivity contribution >= 4 is 23.7 Å². The zero-order valence-electron chi connectivity index (χ0n) is 14.8. The lowest BCUT2D eigenvalue weighted by molar-refractivity contribution is 0.0429. The van der Waals surface area contributed by atoms with Crippen LogP contribution in [-0.2, 0) is 9.47 Å². The van der Waals surface area contributed by atoms with Crippen LogP contribution in [0.2, 0.25) is 0 Å². The summed E-state index contributed by atoms with van der Waals surface area (Å²) in [5.41, 5.74) is 5.16. The second-order valence-electron chi connectivity index (χ2n) is 7.14. The number of nitrogen functional groups attached to an aromatic ring is 1. The molecule has 0 radical (unpaired) electrons. The molecule has 23 heavy (non-hydrogen) atoms. The summed E-state index contributed by atoms with van der Waals surface area (Å²) in [5, 5.41) is 0. The van der Waals surface area contributed by atoms with Crippen molar-refractivity contribution in [1.82, 2.24) is 4.98 Å². The summed E-state index contributed by atoms with van der Waals surface area (Å²) < 4.78 is 10.5. The Labute approximate surface area is 136 Å². The first-order valence-electron chi connectivity index (χ1n) is 7.29. The van der Waals surface area contributed by atoms with Crippen molar-refractivity contribution in [3.63, 3.8) is 0 Å². The van der Waals surface area contributed by atoms with Crippen LogP contribution in [-0.4, -0.2) is 28.4 Å². The number of anilines is 2. The van der Waals surface area contributed by atoms with Crippen LogP contribution in [0.5, 0.6) is 0 Å². The number of amides is 2. The fourth-order valence-corrected chi connectivity index (χ4v) is 1.56. The fraction of sp³-hybridized carbons (Fsp3) is 0.562. The van der Waals surface area contributed by atoms with Crippen LogP contribution in [0.1, 0.15) is 47.2 Å². The van der Waals surface area contributed by atoms with Gasteiger partial charge < -0.3 is 15.2 Å². The van der Waals surface area contributed by atoms with Gasteiger partial charge in [-0.3, -0.25) is 0 Å². The Kier molecular flexibility index (Phi) is 5.24. The minimum absolute atomic E-state index is 0.0974. The third-order valence-corrected chi connectivity index (χ3v) is 2.49. The van der Waals surface area contributed by atoms with Crippen molar-refractivity contribution in [3.8, 4) is 0 Å². The first kappa shape index (κ1) is 18.7.